The molecule has 9 nitrogen and oxygen atoms in total. The van der Waals surface area contributed by atoms with Crippen molar-refractivity contribution < 1.29 is 45.5 Å². The molecule has 202 valence electrons. The number of rotatable bonds is 6. The summed E-state index contributed by atoms with van der Waals surface area (Å²) in [6.45, 7) is 1.82. The summed E-state index contributed by atoms with van der Waals surface area (Å²) in [5, 5.41) is 6.40. The first-order valence-electron chi connectivity index (χ1n) is 11.0. The van der Waals surface area contributed by atoms with Gasteiger partial charge in [0.2, 0.25) is 5.95 Å². The predicted molar refractivity (Wildman–Crippen MR) is 117 cm³/mol. The molecule has 1 aromatic carbocycles. The second-order valence-electron chi connectivity index (χ2n) is 8.20. The zero-order valence-electron chi connectivity index (χ0n) is 19.6. The lowest BCUT2D eigenvalue weighted by molar-refractivity contribution is -0.274. The molecule has 1 aliphatic carbocycles. The monoisotopic (exact) mass is 535 g/mol. The van der Waals surface area contributed by atoms with Crippen molar-refractivity contribution >= 4 is 23.6 Å². The van der Waals surface area contributed by atoms with E-state index in [1.165, 1.54) is 0 Å². The molecule has 15 heteroatoms. The molecule has 1 fully saturated rings. The fourth-order valence-corrected chi connectivity index (χ4v) is 3.75. The van der Waals surface area contributed by atoms with Crippen LogP contribution in [0.5, 0.6) is 5.75 Å². The van der Waals surface area contributed by atoms with E-state index in [-0.39, 0.29) is 24.4 Å². The Bertz CT molecular complexity index is 1100. The van der Waals surface area contributed by atoms with Crippen LogP contribution < -0.4 is 15.4 Å². The Labute approximate surface area is 207 Å². The summed E-state index contributed by atoms with van der Waals surface area (Å²) in [6, 6.07) is 2.43. The fraction of sp³-hybridized carbons (Fsp3) is 0.455. The summed E-state index contributed by atoms with van der Waals surface area (Å²) in [5.41, 5.74) is 0.535. The van der Waals surface area contributed by atoms with E-state index in [9.17, 15) is 35.9 Å². The molecule has 0 unspecified atom stereocenters. The highest BCUT2D eigenvalue weighted by atomic mass is 19.4. The average molecular weight is 535 g/mol. The number of nitrogens with one attached hydrogen (secondary N) is 2. The molecule has 1 saturated carbocycles. The topological polar surface area (TPSA) is 106 Å². The van der Waals surface area contributed by atoms with Gasteiger partial charge in [0.25, 0.3) is 5.91 Å². The lowest BCUT2D eigenvalue weighted by Gasteiger charge is -2.35. The summed E-state index contributed by atoms with van der Waals surface area (Å²) < 4.78 is 79.5. The molecule has 0 aliphatic heterocycles. The number of carbonyl (C=O) groups is 2. The minimum Gasteiger partial charge on any atom is -0.406 e. The summed E-state index contributed by atoms with van der Waals surface area (Å²) in [7, 11) is 1.70. The molecule has 0 bridgehead atoms. The Hall–Kier alpha value is -3.78. The maximum absolute atomic E-state index is 13.0. The normalized spacial score (nSPS) is 18.1. The highest BCUT2D eigenvalue weighted by Crippen LogP contribution is 2.29. The van der Waals surface area contributed by atoms with Gasteiger partial charge in [-0.2, -0.15) is 23.2 Å². The molecule has 37 heavy (non-hydrogen) atoms. The average Bonchev–Trinajstić information content (AvgIpc) is 2.82. The number of aromatic nitrogens is 2. The van der Waals surface area contributed by atoms with Crippen molar-refractivity contribution in [1.29, 1.82) is 0 Å². The third-order valence-corrected chi connectivity index (χ3v) is 5.52. The van der Waals surface area contributed by atoms with E-state index in [1.807, 2.05) is 6.92 Å². The van der Waals surface area contributed by atoms with Crippen molar-refractivity contribution in [2.45, 2.75) is 57.2 Å². The Kier molecular flexibility index (Phi) is 8.33. The van der Waals surface area contributed by atoms with Gasteiger partial charge in [-0.15, -0.1) is 13.2 Å². The first-order valence-corrected chi connectivity index (χ1v) is 11.0. The molecule has 0 saturated heterocycles. The van der Waals surface area contributed by atoms with Gasteiger partial charge in [-0.1, -0.05) is 0 Å². The van der Waals surface area contributed by atoms with Crippen LogP contribution in [0.15, 0.2) is 30.5 Å². The first-order chi connectivity index (χ1) is 17.3. The standard InChI is InChI=1S/C22H23F6N5O4/c1-12-11-30-20(32-17(12)29-2)31-14-5-7-15(8-6-14)33(37-19(35)21(23,24)25)18(34)13-3-9-16(10-4-13)36-22(26,27)28/h3-4,9-11,14-15H,5-8H2,1-2H3,(H2,29,30,31,32). The second-order valence-corrected chi connectivity index (χ2v) is 8.20. The minimum atomic E-state index is -5.37. The van der Waals surface area contributed by atoms with Crippen molar-refractivity contribution in [3.8, 4) is 5.75 Å². The molecule has 1 amide bonds. The largest absolute Gasteiger partial charge is 0.573 e. The summed E-state index contributed by atoms with van der Waals surface area (Å²) in [5.74, 6) is -3.38. The number of benzene rings is 1. The molecule has 2 aromatic rings. The van der Waals surface area contributed by atoms with Gasteiger partial charge < -0.3 is 20.2 Å². The number of hydroxylamine groups is 2. The van der Waals surface area contributed by atoms with Crippen molar-refractivity contribution in [3.63, 3.8) is 0 Å². The number of nitrogens with zero attached hydrogens (tertiary/aromatic N) is 3. The van der Waals surface area contributed by atoms with E-state index in [4.69, 9.17) is 0 Å². The van der Waals surface area contributed by atoms with Crippen LogP contribution in [-0.4, -0.2) is 58.6 Å². The van der Waals surface area contributed by atoms with Crippen LogP contribution in [0.4, 0.5) is 38.1 Å². The summed E-state index contributed by atoms with van der Waals surface area (Å²) in [6.07, 6.45) is -7.64. The van der Waals surface area contributed by atoms with Gasteiger partial charge in [-0.25, -0.2) is 9.78 Å². The van der Waals surface area contributed by atoms with E-state index in [1.54, 1.807) is 13.2 Å². The van der Waals surface area contributed by atoms with E-state index in [0.29, 0.717) is 29.7 Å². The van der Waals surface area contributed by atoms with Crippen molar-refractivity contribution in [3.05, 3.63) is 41.6 Å². The maximum Gasteiger partial charge on any atom is 0.573 e. The number of alkyl halides is 6. The summed E-state index contributed by atoms with van der Waals surface area (Å²) >= 11 is 0. The van der Waals surface area contributed by atoms with E-state index >= 15 is 0 Å². The van der Waals surface area contributed by atoms with E-state index < -0.39 is 36.2 Å². The van der Waals surface area contributed by atoms with E-state index in [2.05, 4.69) is 30.2 Å². The SMILES string of the molecule is CNc1nc(NC2CCC(N(OC(=O)C(F)(F)F)C(=O)c3ccc(OC(F)(F)F)cc3)CC2)ncc1C. The molecular formula is C22H23F6N5O4. The molecule has 1 heterocycles. The van der Waals surface area contributed by atoms with Gasteiger partial charge in [0.15, 0.2) is 0 Å². The van der Waals surface area contributed by atoms with Crippen LogP contribution in [0, 0.1) is 6.92 Å². The molecule has 0 atom stereocenters. The lowest BCUT2D eigenvalue weighted by atomic mass is 9.90. The molecular weight excluding hydrogens is 512 g/mol. The van der Waals surface area contributed by atoms with E-state index in [0.717, 1.165) is 29.8 Å². The van der Waals surface area contributed by atoms with Crippen molar-refractivity contribution in [2.24, 2.45) is 0 Å². The highest BCUT2D eigenvalue weighted by molar-refractivity contribution is 5.94. The summed E-state index contributed by atoms with van der Waals surface area (Å²) in [4.78, 5) is 37.5. The first kappa shape index (κ1) is 27.8. The maximum atomic E-state index is 13.0. The minimum absolute atomic E-state index is 0.161. The smallest absolute Gasteiger partial charge is 0.406 e. The van der Waals surface area contributed by atoms with Crippen LogP contribution in [0.1, 0.15) is 41.6 Å². The zero-order valence-corrected chi connectivity index (χ0v) is 19.6. The van der Waals surface area contributed by atoms with Gasteiger partial charge in [-0.3, -0.25) is 4.79 Å². The predicted octanol–water partition coefficient (Wildman–Crippen LogP) is 4.61. The number of anilines is 2. The lowest BCUT2D eigenvalue weighted by Crippen LogP contribution is -2.47. The van der Waals surface area contributed by atoms with Crippen LogP contribution in [0.2, 0.25) is 0 Å². The number of hydrogen-bond donors (Lipinski definition) is 2. The molecule has 1 aromatic heterocycles. The number of hydrogen-bond acceptors (Lipinski definition) is 8. The Morgan fingerprint density at radius 1 is 1.03 bits per heavy atom. The number of amides is 1. The molecule has 2 N–H and O–H groups in total. The third kappa shape index (κ3) is 7.60. The molecule has 3 rings (SSSR count). The van der Waals surface area contributed by atoms with Gasteiger partial charge in [0, 0.05) is 30.4 Å². The second kappa shape index (κ2) is 11.1. The Morgan fingerprint density at radius 2 is 1.65 bits per heavy atom. The fourth-order valence-electron chi connectivity index (χ4n) is 3.75. The van der Waals surface area contributed by atoms with Gasteiger partial charge in [-0.05, 0) is 56.9 Å². The van der Waals surface area contributed by atoms with Crippen LogP contribution in [0.3, 0.4) is 0 Å². The van der Waals surface area contributed by atoms with Gasteiger partial charge >= 0.3 is 18.5 Å². The number of halogens is 6. The van der Waals surface area contributed by atoms with Crippen molar-refractivity contribution in [2.75, 3.05) is 17.7 Å². The Balaban J connectivity index is 1.72. The third-order valence-electron chi connectivity index (χ3n) is 5.52. The molecule has 1 aliphatic rings. The van der Waals surface area contributed by atoms with Crippen LogP contribution in [0.25, 0.3) is 0 Å². The van der Waals surface area contributed by atoms with Crippen LogP contribution in [-0.2, 0) is 9.63 Å². The van der Waals surface area contributed by atoms with Crippen molar-refractivity contribution in [1.82, 2.24) is 15.0 Å². The quantitative estimate of drug-likeness (QED) is 0.408. The number of ether oxygens (including phenoxy) is 1. The zero-order chi connectivity index (χ0) is 27.4. The molecule has 0 spiro atoms. The van der Waals surface area contributed by atoms with Crippen LogP contribution >= 0.6 is 0 Å². The van der Waals surface area contributed by atoms with Gasteiger partial charge in [0.05, 0.1) is 6.04 Å². The number of aryl methyl sites for hydroxylation is 1. The molecule has 0 radical (unpaired) electrons. The van der Waals surface area contributed by atoms with Gasteiger partial charge in [0.1, 0.15) is 11.6 Å². The highest BCUT2D eigenvalue weighted by Gasteiger charge is 2.45. The number of carbonyl (C=O) groups excluding carboxylic acids is 2. The Morgan fingerprint density at radius 3 is 2.19 bits per heavy atom.